The van der Waals surface area contributed by atoms with Crippen LogP contribution >= 0.6 is 0 Å². The Morgan fingerprint density at radius 3 is 2.41 bits per heavy atom. The van der Waals surface area contributed by atoms with Gasteiger partial charge in [-0.3, -0.25) is 4.40 Å². The van der Waals surface area contributed by atoms with E-state index in [2.05, 4.69) is 55.6 Å². The van der Waals surface area contributed by atoms with Gasteiger partial charge in [-0.25, -0.2) is 19.9 Å². The average Bonchev–Trinajstić information content (AvgIpc) is 3.19. The van der Waals surface area contributed by atoms with Crippen LogP contribution in [0, 0.1) is 12.8 Å². The van der Waals surface area contributed by atoms with Gasteiger partial charge in [-0.2, -0.15) is 0 Å². The Bertz CT molecular complexity index is 1050. The summed E-state index contributed by atoms with van der Waals surface area (Å²) in [6.45, 7) is 12.5. The number of fused-ring (bicyclic) bond motifs is 1. The van der Waals surface area contributed by atoms with Crippen LogP contribution in [0.25, 0.3) is 5.52 Å². The number of imidazole rings is 1. The molecule has 2 N–H and O–H groups in total. The molecule has 3 aromatic rings. The molecule has 32 heavy (non-hydrogen) atoms. The number of piperidine rings is 1. The summed E-state index contributed by atoms with van der Waals surface area (Å²) in [6, 6.07) is 1.13. The van der Waals surface area contributed by atoms with E-state index in [0.29, 0.717) is 23.9 Å². The van der Waals surface area contributed by atoms with Gasteiger partial charge in [0.05, 0.1) is 6.20 Å². The van der Waals surface area contributed by atoms with E-state index >= 15 is 0 Å². The number of aryl methyl sites for hydroxylation is 1. The first-order valence-corrected chi connectivity index (χ1v) is 11.6. The van der Waals surface area contributed by atoms with Crippen LogP contribution in [0.3, 0.4) is 0 Å². The summed E-state index contributed by atoms with van der Waals surface area (Å²) in [4.78, 5) is 23.2. The molecule has 9 nitrogen and oxygen atoms in total. The van der Waals surface area contributed by atoms with Gasteiger partial charge in [0.25, 0.3) is 0 Å². The minimum Gasteiger partial charge on any atom is -0.352 e. The molecule has 0 aromatic carbocycles. The first-order valence-electron chi connectivity index (χ1n) is 11.6. The Balaban J connectivity index is 1.39. The molecule has 170 valence electrons. The Kier molecular flexibility index (Phi) is 5.58. The zero-order chi connectivity index (χ0) is 22.2. The highest BCUT2D eigenvalue weighted by molar-refractivity contribution is 5.71. The van der Waals surface area contributed by atoms with Gasteiger partial charge in [-0.15, -0.1) is 0 Å². The van der Waals surface area contributed by atoms with Crippen molar-refractivity contribution >= 4 is 23.2 Å². The molecule has 0 bridgehead atoms. The highest BCUT2D eigenvalue weighted by atomic mass is 15.3. The SMILES string of the molecule is Cc1cnc(N[C@@H]2C[C@@H](C)CN(c3ncc4c(N5C[C@@H](C)N[C@@H](C)C5)nccn34)C2)nc1. The molecule has 0 spiro atoms. The van der Waals surface area contributed by atoms with Crippen LogP contribution in [0.5, 0.6) is 0 Å². The number of hydrogen-bond acceptors (Lipinski definition) is 8. The molecule has 2 aliphatic heterocycles. The first kappa shape index (κ1) is 20.9. The van der Waals surface area contributed by atoms with Crippen molar-refractivity contribution in [3.8, 4) is 0 Å². The monoisotopic (exact) mass is 435 g/mol. The molecule has 2 fully saturated rings. The third-order valence-electron chi connectivity index (χ3n) is 6.33. The van der Waals surface area contributed by atoms with Crippen molar-refractivity contribution in [1.29, 1.82) is 0 Å². The highest BCUT2D eigenvalue weighted by Gasteiger charge is 2.29. The van der Waals surface area contributed by atoms with Crippen LogP contribution in [-0.2, 0) is 0 Å². The van der Waals surface area contributed by atoms with Crippen LogP contribution in [-0.4, -0.2) is 68.6 Å². The second-order valence-electron chi connectivity index (χ2n) is 9.61. The van der Waals surface area contributed by atoms with Crippen molar-refractivity contribution in [1.82, 2.24) is 29.7 Å². The van der Waals surface area contributed by atoms with Gasteiger partial charge in [0.1, 0.15) is 5.52 Å². The van der Waals surface area contributed by atoms with Gasteiger partial charge in [-0.1, -0.05) is 6.92 Å². The average molecular weight is 436 g/mol. The summed E-state index contributed by atoms with van der Waals surface area (Å²) >= 11 is 0. The molecule has 5 rings (SSSR count). The van der Waals surface area contributed by atoms with Crippen LogP contribution in [0.15, 0.2) is 31.0 Å². The van der Waals surface area contributed by atoms with E-state index in [1.165, 1.54) is 0 Å². The number of nitrogens with one attached hydrogen (secondary N) is 2. The van der Waals surface area contributed by atoms with Crippen LogP contribution in [0.4, 0.5) is 17.7 Å². The van der Waals surface area contributed by atoms with E-state index < -0.39 is 0 Å². The lowest BCUT2D eigenvalue weighted by molar-refractivity contribution is 0.405. The van der Waals surface area contributed by atoms with Gasteiger partial charge in [0.2, 0.25) is 11.9 Å². The van der Waals surface area contributed by atoms with E-state index in [4.69, 9.17) is 9.97 Å². The summed E-state index contributed by atoms with van der Waals surface area (Å²) in [6.07, 6.45) is 10.7. The fourth-order valence-electron chi connectivity index (χ4n) is 5.15. The van der Waals surface area contributed by atoms with Gasteiger partial charge in [-0.05, 0) is 38.7 Å². The fraction of sp³-hybridized carbons (Fsp3) is 0.565. The number of rotatable bonds is 4. The van der Waals surface area contributed by atoms with Crippen LogP contribution in [0.1, 0.15) is 32.8 Å². The summed E-state index contributed by atoms with van der Waals surface area (Å²) < 4.78 is 2.19. The largest absolute Gasteiger partial charge is 0.352 e. The van der Waals surface area contributed by atoms with E-state index in [9.17, 15) is 0 Å². The molecule has 5 heterocycles. The maximum absolute atomic E-state index is 4.85. The Labute approximate surface area is 189 Å². The van der Waals surface area contributed by atoms with Crippen molar-refractivity contribution in [3.05, 3.63) is 36.5 Å². The van der Waals surface area contributed by atoms with Crippen LogP contribution < -0.4 is 20.4 Å². The highest BCUT2D eigenvalue weighted by Crippen LogP contribution is 2.28. The minimum absolute atomic E-state index is 0.269. The first-order chi connectivity index (χ1) is 15.5. The zero-order valence-corrected chi connectivity index (χ0v) is 19.4. The fourth-order valence-corrected chi connectivity index (χ4v) is 5.15. The molecule has 0 amide bonds. The van der Waals surface area contributed by atoms with Gasteiger partial charge >= 0.3 is 0 Å². The smallest absolute Gasteiger partial charge is 0.222 e. The predicted octanol–water partition coefficient (Wildman–Crippen LogP) is 2.34. The quantitative estimate of drug-likeness (QED) is 0.646. The molecule has 3 aromatic heterocycles. The summed E-state index contributed by atoms with van der Waals surface area (Å²) in [5.74, 6) is 3.22. The lowest BCUT2D eigenvalue weighted by Gasteiger charge is -2.38. The number of anilines is 3. The third kappa shape index (κ3) is 4.21. The van der Waals surface area contributed by atoms with E-state index in [-0.39, 0.29) is 6.04 Å². The summed E-state index contributed by atoms with van der Waals surface area (Å²) in [5.41, 5.74) is 2.13. The van der Waals surface area contributed by atoms with E-state index in [1.54, 1.807) is 0 Å². The molecule has 0 saturated carbocycles. The van der Waals surface area contributed by atoms with Crippen molar-refractivity contribution in [2.75, 3.05) is 41.3 Å². The van der Waals surface area contributed by atoms with Crippen molar-refractivity contribution in [3.63, 3.8) is 0 Å². The number of hydrogen-bond donors (Lipinski definition) is 2. The second-order valence-corrected chi connectivity index (χ2v) is 9.61. The molecule has 9 heteroatoms. The standard InChI is InChI=1S/C23H33N9/c1-15-7-19(29-22-25-8-16(2)9-26-22)14-31(11-15)23-27-10-20-21(24-5-6-32(20)23)30-12-17(3)28-18(4)13-30/h5-6,8-10,15,17-19,28H,7,11-14H2,1-4H3,(H,25,26,29)/t15-,17-,18+,19-/m1/s1. The molecule has 2 aliphatic rings. The van der Waals surface area contributed by atoms with Gasteiger partial charge in [0, 0.05) is 69.1 Å². The lowest BCUT2D eigenvalue weighted by Crippen LogP contribution is -2.54. The maximum atomic E-state index is 4.85. The second kappa shape index (κ2) is 8.54. The summed E-state index contributed by atoms with van der Waals surface area (Å²) in [5, 5.41) is 7.12. The molecular formula is C23H33N9. The van der Waals surface area contributed by atoms with Crippen LogP contribution in [0.2, 0.25) is 0 Å². The Morgan fingerprint density at radius 2 is 1.66 bits per heavy atom. The summed E-state index contributed by atoms with van der Waals surface area (Å²) in [7, 11) is 0. The molecule has 0 radical (unpaired) electrons. The molecular weight excluding hydrogens is 402 g/mol. The zero-order valence-electron chi connectivity index (χ0n) is 19.4. The number of piperazine rings is 1. The normalized spacial score (nSPS) is 26.5. The third-order valence-corrected chi connectivity index (χ3v) is 6.33. The molecule has 2 saturated heterocycles. The Morgan fingerprint density at radius 1 is 0.906 bits per heavy atom. The maximum Gasteiger partial charge on any atom is 0.222 e. The van der Waals surface area contributed by atoms with Gasteiger partial charge < -0.3 is 20.4 Å². The molecule has 0 unspecified atom stereocenters. The molecule has 4 atom stereocenters. The van der Waals surface area contributed by atoms with Crippen molar-refractivity contribution in [2.45, 2.75) is 52.2 Å². The lowest BCUT2D eigenvalue weighted by atomic mass is 9.96. The van der Waals surface area contributed by atoms with E-state index in [0.717, 1.165) is 55.4 Å². The minimum atomic E-state index is 0.269. The Hall–Kier alpha value is -2.94. The van der Waals surface area contributed by atoms with Gasteiger partial charge in [0.15, 0.2) is 5.82 Å². The van der Waals surface area contributed by atoms with E-state index in [1.807, 2.05) is 37.9 Å². The number of nitrogens with zero attached hydrogens (tertiary/aromatic N) is 7. The van der Waals surface area contributed by atoms with Crippen molar-refractivity contribution in [2.24, 2.45) is 5.92 Å². The molecule has 0 aliphatic carbocycles. The topological polar surface area (TPSA) is 86.5 Å². The predicted molar refractivity (Wildman–Crippen MR) is 127 cm³/mol. The van der Waals surface area contributed by atoms with Crippen molar-refractivity contribution < 1.29 is 0 Å². The number of aromatic nitrogens is 5.